The van der Waals surface area contributed by atoms with Crippen LogP contribution in [-0.4, -0.2) is 19.1 Å². The van der Waals surface area contributed by atoms with Gasteiger partial charge in [-0.05, 0) is 31.2 Å². The molecule has 1 aliphatic rings. The minimum absolute atomic E-state index is 0.128. The summed E-state index contributed by atoms with van der Waals surface area (Å²) in [4.78, 5) is 12.4. The minimum Gasteiger partial charge on any atom is -0.493 e. The van der Waals surface area contributed by atoms with Gasteiger partial charge in [-0.2, -0.15) is 0 Å². The third kappa shape index (κ3) is 3.18. The summed E-state index contributed by atoms with van der Waals surface area (Å²) >= 11 is 0. The molecule has 2 aromatic rings. The second-order valence-corrected chi connectivity index (χ2v) is 5.29. The molecule has 1 aliphatic heterocycles. The van der Waals surface area contributed by atoms with E-state index >= 15 is 0 Å². The summed E-state index contributed by atoms with van der Waals surface area (Å²) in [6.07, 6.45) is 3.54. The van der Waals surface area contributed by atoms with E-state index in [4.69, 9.17) is 9.47 Å². The molecule has 1 heterocycles. The van der Waals surface area contributed by atoms with E-state index in [1.54, 1.807) is 6.08 Å². The largest absolute Gasteiger partial charge is 0.493 e. The number of hydrogen-bond acceptors (Lipinski definition) is 3. The number of para-hydroxylation sites is 1. The van der Waals surface area contributed by atoms with Crippen LogP contribution in [0.15, 0.2) is 55.1 Å². The van der Waals surface area contributed by atoms with E-state index in [9.17, 15) is 4.79 Å². The molecule has 0 fully saturated rings. The Morgan fingerprint density at radius 3 is 2.79 bits per heavy atom. The molecule has 1 N–H and O–H groups in total. The zero-order valence-corrected chi connectivity index (χ0v) is 13.5. The van der Waals surface area contributed by atoms with Crippen molar-refractivity contribution >= 4 is 23.2 Å². The van der Waals surface area contributed by atoms with Gasteiger partial charge in [0.05, 0.1) is 12.3 Å². The summed E-state index contributed by atoms with van der Waals surface area (Å²) in [6, 6.07) is 13.2. The summed E-state index contributed by atoms with van der Waals surface area (Å²) in [5, 5.41) is 2.88. The first kappa shape index (κ1) is 15.9. The Hall–Kier alpha value is -3.01. The summed E-state index contributed by atoms with van der Waals surface area (Å²) in [5.74, 6) is 1.33. The number of carbonyl (C=O) groups is 1. The van der Waals surface area contributed by atoms with Crippen molar-refractivity contribution in [3.05, 3.63) is 66.2 Å². The monoisotopic (exact) mass is 321 g/mol. The van der Waals surface area contributed by atoms with Crippen LogP contribution in [0.25, 0.3) is 11.6 Å². The van der Waals surface area contributed by atoms with Crippen molar-refractivity contribution < 1.29 is 14.3 Å². The van der Waals surface area contributed by atoms with Gasteiger partial charge < -0.3 is 14.8 Å². The molecule has 2 aromatic carbocycles. The number of benzene rings is 2. The molecule has 1 amide bonds. The van der Waals surface area contributed by atoms with Gasteiger partial charge in [0.15, 0.2) is 0 Å². The van der Waals surface area contributed by atoms with Gasteiger partial charge in [0.25, 0.3) is 5.91 Å². The van der Waals surface area contributed by atoms with E-state index in [1.807, 2.05) is 55.5 Å². The Bertz CT molecular complexity index is 808. The quantitative estimate of drug-likeness (QED) is 0.642. The van der Waals surface area contributed by atoms with Gasteiger partial charge in [-0.25, -0.2) is 0 Å². The number of anilines is 1. The SMILES string of the molecule is C=CCOc1ccc2c(c1)NC(=O)/C2=C/c1ccccc1OCC. The van der Waals surface area contributed by atoms with Crippen molar-refractivity contribution in [2.45, 2.75) is 6.92 Å². The van der Waals surface area contributed by atoms with Gasteiger partial charge in [-0.1, -0.05) is 30.9 Å². The number of ether oxygens (including phenoxy) is 2. The molecule has 0 saturated heterocycles. The fourth-order valence-electron chi connectivity index (χ4n) is 2.60. The first-order chi connectivity index (χ1) is 11.7. The molecule has 0 bridgehead atoms. The van der Waals surface area contributed by atoms with Gasteiger partial charge in [-0.3, -0.25) is 4.79 Å². The van der Waals surface area contributed by atoms with Crippen molar-refractivity contribution in [1.82, 2.24) is 0 Å². The molecular formula is C20H19NO3. The third-order valence-electron chi connectivity index (χ3n) is 3.66. The normalized spacial score (nSPS) is 14.2. The summed E-state index contributed by atoms with van der Waals surface area (Å²) in [7, 11) is 0. The van der Waals surface area contributed by atoms with Crippen molar-refractivity contribution in [2.75, 3.05) is 18.5 Å². The van der Waals surface area contributed by atoms with E-state index in [2.05, 4.69) is 11.9 Å². The van der Waals surface area contributed by atoms with Crippen molar-refractivity contribution in [2.24, 2.45) is 0 Å². The van der Waals surface area contributed by atoms with Gasteiger partial charge in [0.2, 0.25) is 0 Å². The Kier molecular flexibility index (Phi) is 4.66. The Balaban J connectivity index is 1.96. The van der Waals surface area contributed by atoms with Crippen LogP contribution in [0, 0.1) is 0 Å². The van der Waals surface area contributed by atoms with Gasteiger partial charge in [-0.15, -0.1) is 0 Å². The summed E-state index contributed by atoms with van der Waals surface area (Å²) in [6.45, 7) is 6.57. The highest BCUT2D eigenvalue weighted by molar-refractivity contribution is 6.35. The van der Waals surface area contributed by atoms with Gasteiger partial charge in [0, 0.05) is 22.8 Å². The predicted molar refractivity (Wildman–Crippen MR) is 96.2 cm³/mol. The highest BCUT2D eigenvalue weighted by Gasteiger charge is 2.24. The van der Waals surface area contributed by atoms with Crippen molar-refractivity contribution in [3.63, 3.8) is 0 Å². The smallest absolute Gasteiger partial charge is 0.256 e. The Morgan fingerprint density at radius 1 is 1.17 bits per heavy atom. The zero-order valence-electron chi connectivity index (χ0n) is 13.5. The maximum atomic E-state index is 12.4. The second kappa shape index (κ2) is 7.04. The number of carbonyl (C=O) groups excluding carboxylic acids is 1. The lowest BCUT2D eigenvalue weighted by Gasteiger charge is -2.07. The molecule has 0 aliphatic carbocycles. The fraction of sp³-hybridized carbons (Fsp3) is 0.150. The predicted octanol–water partition coefficient (Wildman–Crippen LogP) is 4.14. The van der Waals surface area contributed by atoms with E-state index < -0.39 is 0 Å². The maximum Gasteiger partial charge on any atom is 0.256 e. The standard InChI is InChI=1S/C20H19NO3/c1-3-11-24-15-9-10-16-17(20(22)21-18(16)13-15)12-14-7-5-6-8-19(14)23-4-2/h3,5-10,12-13H,1,4,11H2,2H3,(H,21,22)/b17-12+. The average Bonchev–Trinajstić information content (AvgIpc) is 2.90. The van der Waals surface area contributed by atoms with Crippen LogP contribution in [0.5, 0.6) is 11.5 Å². The first-order valence-corrected chi connectivity index (χ1v) is 7.86. The highest BCUT2D eigenvalue weighted by atomic mass is 16.5. The molecule has 122 valence electrons. The van der Waals surface area contributed by atoms with Crippen LogP contribution in [0.3, 0.4) is 0 Å². The molecule has 0 aromatic heterocycles. The lowest BCUT2D eigenvalue weighted by atomic mass is 10.0. The van der Waals surface area contributed by atoms with Crippen molar-refractivity contribution in [3.8, 4) is 11.5 Å². The average molecular weight is 321 g/mol. The lowest BCUT2D eigenvalue weighted by molar-refractivity contribution is -0.110. The van der Waals surface area contributed by atoms with Gasteiger partial charge >= 0.3 is 0 Å². The fourth-order valence-corrected chi connectivity index (χ4v) is 2.60. The first-order valence-electron chi connectivity index (χ1n) is 7.86. The van der Waals surface area contributed by atoms with Crippen LogP contribution in [-0.2, 0) is 4.79 Å². The molecule has 0 atom stereocenters. The van der Waals surface area contributed by atoms with Crippen LogP contribution in [0.1, 0.15) is 18.1 Å². The van der Waals surface area contributed by atoms with Gasteiger partial charge in [0.1, 0.15) is 18.1 Å². The zero-order chi connectivity index (χ0) is 16.9. The molecule has 4 nitrogen and oxygen atoms in total. The van der Waals surface area contributed by atoms with Crippen LogP contribution in [0.2, 0.25) is 0 Å². The second-order valence-electron chi connectivity index (χ2n) is 5.29. The Morgan fingerprint density at radius 2 is 2.00 bits per heavy atom. The number of hydrogen-bond donors (Lipinski definition) is 1. The van der Waals surface area contributed by atoms with E-state index in [1.165, 1.54) is 0 Å². The topological polar surface area (TPSA) is 47.6 Å². The Labute approximate surface area is 141 Å². The molecule has 4 heteroatoms. The maximum absolute atomic E-state index is 12.4. The van der Waals surface area contributed by atoms with E-state index in [0.29, 0.717) is 24.5 Å². The van der Waals surface area contributed by atoms with E-state index in [0.717, 1.165) is 22.6 Å². The molecule has 0 saturated carbocycles. The lowest BCUT2D eigenvalue weighted by Crippen LogP contribution is -2.04. The molecule has 24 heavy (non-hydrogen) atoms. The van der Waals surface area contributed by atoms with Crippen LogP contribution >= 0.6 is 0 Å². The number of fused-ring (bicyclic) bond motifs is 1. The minimum atomic E-state index is -0.128. The molecule has 0 radical (unpaired) electrons. The van der Waals surface area contributed by atoms with Crippen LogP contribution in [0.4, 0.5) is 5.69 Å². The van der Waals surface area contributed by atoms with Crippen LogP contribution < -0.4 is 14.8 Å². The number of amides is 1. The highest BCUT2D eigenvalue weighted by Crippen LogP contribution is 2.36. The van der Waals surface area contributed by atoms with E-state index in [-0.39, 0.29) is 5.91 Å². The summed E-state index contributed by atoms with van der Waals surface area (Å²) in [5.41, 5.74) is 3.11. The number of rotatable bonds is 6. The summed E-state index contributed by atoms with van der Waals surface area (Å²) < 4.78 is 11.1. The molecular weight excluding hydrogens is 302 g/mol. The molecule has 0 unspecified atom stereocenters. The van der Waals surface area contributed by atoms with Crippen molar-refractivity contribution in [1.29, 1.82) is 0 Å². The molecule has 0 spiro atoms. The molecule has 3 rings (SSSR count). The third-order valence-corrected chi connectivity index (χ3v) is 3.66. The number of nitrogens with one attached hydrogen (secondary N) is 1.